The molecule has 0 radical (unpaired) electrons. The molecule has 0 bridgehead atoms. The summed E-state index contributed by atoms with van der Waals surface area (Å²) in [6.45, 7) is 0.654. The second kappa shape index (κ2) is 4.58. The van der Waals surface area contributed by atoms with E-state index in [1.165, 1.54) is 0 Å². The number of carbonyl (C=O) groups is 1. The maximum Gasteiger partial charge on any atom is 0.196 e. The van der Waals surface area contributed by atoms with E-state index in [9.17, 15) is 4.79 Å². The van der Waals surface area contributed by atoms with Crippen molar-refractivity contribution in [2.75, 3.05) is 6.61 Å². The quantitative estimate of drug-likeness (QED) is 0.792. The first-order chi connectivity index (χ1) is 8.75. The van der Waals surface area contributed by atoms with Crippen LogP contribution in [0.15, 0.2) is 46.9 Å². The van der Waals surface area contributed by atoms with E-state index in [0.29, 0.717) is 17.7 Å². The van der Waals surface area contributed by atoms with Gasteiger partial charge in [0.2, 0.25) is 0 Å². The minimum Gasteiger partial charge on any atom is -0.492 e. The van der Waals surface area contributed by atoms with E-state index in [1.54, 1.807) is 0 Å². The van der Waals surface area contributed by atoms with Crippen molar-refractivity contribution < 1.29 is 9.53 Å². The van der Waals surface area contributed by atoms with Gasteiger partial charge >= 0.3 is 0 Å². The molecule has 1 aliphatic rings. The van der Waals surface area contributed by atoms with Crippen LogP contribution in [0.25, 0.3) is 0 Å². The van der Waals surface area contributed by atoms with E-state index in [-0.39, 0.29) is 5.78 Å². The van der Waals surface area contributed by atoms with Gasteiger partial charge in [-0.2, -0.15) is 0 Å². The van der Waals surface area contributed by atoms with Gasteiger partial charge in [-0.1, -0.05) is 46.3 Å². The number of fused-ring (bicyclic) bond motifs is 1. The summed E-state index contributed by atoms with van der Waals surface area (Å²) in [5, 5.41) is 0. The van der Waals surface area contributed by atoms with Gasteiger partial charge in [-0.25, -0.2) is 0 Å². The van der Waals surface area contributed by atoms with Gasteiger partial charge in [-0.3, -0.25) is 4.79 Å². The molecule has 2 aromatic rings. The Morgan fingerprint density at radius 3 is 2.72 bits per heavy atom. The summed E-state index contributed by atoms with van der Waals surface area (Å²) in [6, 6.07) is 13.1. The fourth-order valence-electron chi connectivity index (χ4n) is 2.18. The van der Waals surface area contributed by atoms with Crippen LogP contribution in [0.3, 0.4) is 0 Å². The monoisotopic (exact) mass is 302 g/mol. The molecule has 0 saturated carbocycles. The number of ether oxygens (including phenoxy) is 1. The molecule has 18 heavy (non-hydrogen) atoms. The Hall–Kier alpha value is -1.61. The van der Waals surface area contributed by atoms with Crippen molar-refractivity contribution in [2.45, 2.75) is 6.42 Å². The average molecular weight is 303 g/mol. The van der Waals surface area contributed by atoms with Crippen molar-refractivity contribution in [1.29, 1.82) is 0 Å². The van der Waals surface area contributed by atoms with Gasteiger partial charge in [0.15, 0.2) is 5.78 Å². The van der Waals surface area contributed by atoms with Gasteiger partial charge in [0, 0.05) is 16.5 Å². The molecule has 1 heterocycles. The number of hydrogen-bond acceptors (Lipinski definition) is 2. The third kappa shape index (κ3) is 1.95. The van der Waals surface area contributed by atoms with Crippen molar-refractivity contribution in [3.63, 3.8) is 0 Å². The molecule has 0 aliphatic carbocycles. The summed E-state index contributed by atoms with van der Waals surface area (Å²) in [5.41, 5.74) is 2.43. The summed E-state index contributed by atoms with van der Waals surface area (Å²) in [4.78, 5) is 12.5. The van der Waals surface area contributed by atoms with Crippen LogP contribution in [-0.2, 0) is 6.42 Å². The molecule has 1 aliphatic heterocycles. The Bertz CT molecular complexity index is 605. The van der Waals surface area contributed by atoms with Gasteiger partial charge in [0.1, 0.15) is 5.75 Å². The Morgan fingerprint density at radius 1 is 1.17 bits per heavy atom. The van der Waals surface area contributed by atoms with Crippen LogP contribution in [0.5, 0.6) is 5.75 Å². The Labute approximate surface area is 114 Å². The highest BCUT2D eigenvalue weighted by Crippen LogP contribution is 2.34. The predicted molar refractivity (Wildman–Crippen MR) is 73.2 cm³/mol. The molecule has 0 fully saturated rings. The normalized spacial score (nSPS) is 12.9. The molecule has 0 unspecified atom stereocenters. The van der Waals surface area contributed by atoms with Gasteiger partial charge < -0.3 is 4.74 Å². The molecule has 3 rings (SSSR count). The minimum absolute atomic E-state index is 0.00931. The van der Waals surface area contributed by atoms with Crippen LogP contribution in [0.4, 0.5) is 0 Å². The second-order valence-electron chi connectivity index (χ2n) is 4.24. The first-order valence-electron chi connectivity index (χ1n) is 5.80. The van der Waals surface area contributed by atoms with E-state index in [1.807, 2.05) is 42.5 Å². The number of rotatable bonds is 2. The highest BCUT2D eigenvalue weighted by molar-refractivity contribution is 9.10. The number of halogens is 1. The van der Waals surface area contributed by atoms with Crippen LogP contribution in [0.2, 0.25) is 0 Å². The van der Waals surface area contributed by atoms with Crippen LogP contribution in [-0.4, -0.2) is 12.4 Å². The van der Waals surface area contributed by atoms with Gasteiger partial charge in [-0.05, 0) is 17.7 Å². The van der Waals surface area contributed by atoms with Crippen molar-refractivity contribution >= 4 is 21.7 Å². The van der Waals surface area contributed by atoms with E-state index < -0.39 is 0 Å². The number of hydrogen-bond donors (Lipinski definition) is 0. The lowest BCUT2D eigenvalue weighted by Crippen LogP contribution is -2.03. The third-order valence-corrected chi connectivity index (χ3v) is 3.49. The number of benzene rings is 2. The molecule has 0 spiro atoms. The van der Waals surface area contributed by atoms with E-state index in [4.69, 9.17) is 4.74 Å². The molecule has 0 atom stereocenters. The van der Waals surface area contributed by atoms with Crippen molar-refractivity contribution in [3.05, 3.63) is 63.6 Å². The fourth-order valence-corrected chi connectivity index (χ4v) is 2.69. The molecule has 90 valence electrons. The summed E-state index contributed by atoms with van der Waals surface area (Å²) in [6.07, 6.45) is 0.865. The zero-order valence-corrected chi connectivity index (χ0v) is 11.2. The van der Waals surface area contributed by atoms with Gasteiger partial charge in [0.05, 0.1) is 12.2 Å². The van der Waals surface area contributed by atoms with Crippen LogP contribution >= 0.6 is 15.9 Å². The Morgan fingerprint density at radius 2 is 1.94 bits per heavy atom. The number of ketones is 1. The summed E-state index contributed by atoms with van der Waals surface area (Å²) in [5.74, 6) is 0.752. The topological polar surface area (TPSA) is 26.3 Å². The Kier molecular flexibility index (Phi) is 2.92. The molecule has 3 heteroatoms. The fraction of sp³-hybridized carbons (Fsp3) is 0.133. The van der Waals surface area contributed by atoms with E-state index in [0.717, 1.165) is 22.2 Å². The Balaban J connectivity index is 2.10. The minimum atomic E-state index is 0.00931. The maximum absolute atomic E-state index is 12.5. The molecule has 0 amide bonds. The summed E-state index contributed by atoms with van der Waals surface area (Å²) >= 11 is 3.45. The van der Waals surface area contributed by atoms with E-state index in [2.05, 4.69) is 15.9 Å². The summed E-state index contributed by atoms with van der Waals surface area (Å²) < 4.78 is 6.51. The lowest BCUT2D eigenvalue weighted by Gasteiger charge is -2.08. The zero-order valence-electron chi connectivity index (χ0n) is 9.65. The molecule has 0 aromatic heterocycles. The molecule has 0 N–H and O–H groups in total. The number of carbonyl (C=O) groups excluding carboxylic acids is 1. The molecule has 2 nitrogen and oxygen atoms in total. The van der Waals surface area contributed by atoms with E-state index >= 15 is 0 Å². The first-order valence-corrected chi connectivity index (χ1v) is 6.60. The largest absolute Gasteiger partial charge is 0.492 e. The standard InChI is InChI=1S/C15H11BrO2/c16-12-8-11-6-7-18-15(11)13(9-12)14(17)10-4-2-1-3-5-10/h1-5,8-9H,6-7H2. The second-order valence-corrected chi connectivity index (χ2v) is 5.15. The molecule has 0 saturated heterocycles. The summed E-state index contributed by atoms with van der Waals surface area (Å²) in [7, 11) is 0. The zero-order chi connectivity index (χ0) is 12.5. The SMILES string of the molecule is O=C(c1ccccc1)c1cc(Br)cc2c1OCC2. The first kappa shape index (κ1) is 11.5. The van der Waals surface area contributed by atoms with Gasteiger partial charge in [-0.15, -0.1) is 0 Å². The van der Waals surface area contributed by atoms with Crippen LogP contribution < -0.4 is 4.74 Å². The lowest BCUT2D eigenvalue weighted by molar-refractivity contribution is 0.103. The highest BCUT2D eigenvalue weighted by Gasteiger charge is 2.22. The van der Waals surface area contributed by atoms with Crippen molar-refractivity contribution in [1.82, 2.24) is 0 Å². The predicted octanol–water partition coefficient (Wildman–Crippen LogP) is 3.62. The molecule has 2 aromatic carbocycles. The maximum atomic E-state index is 12.5. The highest BCUT2D eigenvalue weighted by atomic mass is 79.9. The van der Waals surface area contributed by atoms with Crippen LogP contribution in [0.1, 0.15) is 21.5 Å². The molecular formula is C15H11BrO2. The lowest BCUT2D eigenvalue weighted by atomic mass is 10.00. The van der Waals surface area contributed by atoms with Crippen LogP contribution in [0, 0.1) is 0 Å². The van der Waals surface area contributed by atoms with Crippen molar-refractivity contribution in [3.8, 4) is 5.75 Å². The third-order valence-electron chi connectivity index (χ3n) is 3.03. The average Bonchev–Trinajstić information content (AvgIpc) is 2.86. The smallest absolute Gasteiger partial charge is 0.196 e. The van der Waals surface area contributed by atoms with Gasteiger partial charge in [0.25, 0.3) is 0 Å². The molecular weight excluding hydrogens is 292 g/mol. The van der Waals surface area contributed by atoms with Crippen molar-refractivity contribution in [2.24, 2.45) is 0 Å².